The molecule has 1 saturated heterocycles. The second kappa shape index (κ2) is 7.68. The Bertz CT molecular complexity index is 373. The van der Waals surface area contributed by atoms with Gasteiger partial charge < -0.3 is 24.4 Å². The van der Waals surface area contributed by atoms with Crippen LogP contribution in [0.4, 0.5) is 4.79 Å². The summed E-state index contributed by atoms with van der Waals surface area (Å²) in [5.41, 5.74) is 0. The number of methoxy groups -OCH3 is 1. The number of aliphatic carboxylic acids is 1. The molecule has 0 bridgehead atoms. The smallest absolute Gasteiger partial charge is 0.323 e. The Kier molecular flexibility index (Phi) is 6.23. The van der Waals surface area contributed by atoms with Crippen LogP contribution in [0.1, 0.15) is 13.3 Å². The van der Waals surface area contributed by atoms with E-state index in [-0.39, 0.29) is 25.5 Å². The number of carboxylic acids is 1. The van der Waals surface area contributed by atoms with Crippen LogP contribution in [0.3, 0.4) is 0 Å². The molecule has 0 aromatic rings. The first kappa shape index (κ1) is 16.2. The molecule has 0 aliphatic carbocycles. The van der Waals surface area contributed by atoms with Crippen molar-refractivity contribution in [3.05, 3.63) is 0 Å². The first-order valence-electron chi connectivity index (χ1n) is 6.42. The maximum atomic E-state index is 12.2. The highest BCUT2D eigenvalue weighted by molar-refractivity contribution is 5.80. The molecule has 1 aliphatic rings. The summed E-state index contributed by atoms with van der Waals surface area (Å²) in [6.45, 7) is 2.64. The van der Waals surface area contributed by atoms with Gasteiger partial charge in [-0.05, 0) is 6.92 Å². The zero-order valence-electron chi connectivity index (χ0n) is 11.7. The minimum absolute atomic E-state index is 0.0747. The van der Waals surface area contributed by atoms with Gasteiger partial charge in [-0.15, -0.1) is 0 Å². The number of likely N-dealkylation sites (N-methyl/N-ethyl adjacent to an activating group) is 1. The maximum Gasteiger partial charge on any atom is 0.323 e. The number of carbonyl (C=O) groups is 3. The van der Waals surface area contributed by atoms with E-state index in [4.69, 9.17) is 9.84 Å². The number of esters is 1. The van der Waals surface area contributed by atoms with Crippen LogP contribution in [0.5, 0.6) is 0 Å². The number of carboxylic acid groups (broad SMARTS) is 1. The molecule has 114 valence electrons. The van der Waals surface area contributed by atoms with Crippen LogP contribution in [0.25, 0.3) is 0 Å². The van der Waals surface area contributed by atoms with E-state index < -0.39 is 18.0 Å². The van der Waals surface area contributed by atoms with Gasteiger partial charge in [-0.1, -0.05) is 0 Å². The van der Waals surface area contributed by atoms with Gasteiger partial charge in [-0.2, -0.15) is 0 Å². The number of nitrogens with zero attached hydrogens (tertiary/aromatic N) is 2. The maximum absolute atomic E-state index is 12.2. The van der Waals surface area contributed by atoms with Crippen LogP contribution in [-0.4, -0.2) is 78.9 Å². The molecule has 1 fully saturated rings. The van der Waals surface area contributed by atoms with E-state index in [1.165, 1.54) is 16.9 Å². The fourth-order valence-corrected chi connectivity index (χ4v) is 1.96. The van der Waals surface area contributed by atoms with E-state index in [1.807, 2.05) is 0 Å². The first-order valence-corrected chi connectivity index (χ1v) is 6.42. The van der Waals surface area contributed by atoms with Gasteiger partial charge in [-0.25, -0.2) is 4.79 Å². The summed E-state index contributed by atoms with van der Waals surface area (Å²) in [6.07, 6.45) is -0.339. The van der Waals surface area contributed by atoms with Crippen LogP contribution in [0.2, 0.25) is 0 Å². The molecule has 1 atom stereocenters. The zero-order valence-corrected chi connectivity index (χ0v) is 11.7. The Hall–Kier alpha value is -1.83. The number of ether oxygens (including phenoxy) is 2. The molecule has 2 amide bonds. The standard InChI is InChI=1S/C12H20N2O6/c1-3-13(8-10(15)16)12(18)14-4-5-20-9(7-14)6-11(17)19-2/h9H,3-8H2,1-2H3,(H,15,16). The van der Waals surface area contributed by atoms with Gasteiger partial charge in [-0.3, -0.25) is 9.59 Å². The predicted molar refractivity (Wildman–Crippen MR) is 68.2 cm³/mol. The van der Waals surface area contributed by atoms with E-state index in [2.05, 4.69) is 4.74 Å². The normalized spacial score (nSPS) is 18.5. The van der Waals surface area contributed by atoms with Crippen molar-refractivity contribution in [2.24, 2.45) is 0 Å². The lowest BCUT2D eigenvalue weighted by molar-refractivity contribution is -0.145. The summed E-state index contributed by atoms with van der Waals surface area (Å²) < 4.78 is 9.96. The highest BCUT2D eigenvalue weighted by atomic mass is 16.5. The lowest BCUT2D eigenvalue weighted by Gasteiger charge is -2.35. The molecule has 8 nitrogen and oxygen atoms in total. The van der Waals surface area contributed by atoms with Gasteiger partial charge in [0.05, 0.1) is 26.2 Å². The molecule has 1 N–H and O–H groups in total. The number of rotatable bonds is 5. The topological polar surface area (TPSA) is 96.4 Å². The molecule has 0 saturated carbocycles. The van der Waals surface area contributed by atoms with E-state index in [1.54, 1.807) is 6.92 Å². The van der Waals surface area contributed by atoms with Gasteiger partial charge in [0.25, 0.3) is 0 Å². The van der Waals surface area contributed by atoms with Crippen LogP contribution in [0, 0.1) is 0 Å². The molecular formula is C12H20N2O6. The number of hydrogen-bond acceptors (Lipinski definition) is 5. The Morgan fingerprint density at radius 3 is 2.70 bits per heavy atom. The monoisotopic (exact) mass is 288 g/mol. The van der Waals surface area contributed by atoms with Gasteiger partial charge >= 0.3 is 18.0 Å². The van der Waals surface area contributed by atoms with Gasteiger partial charge in [0.1, 0.15) is 6.54 Å². The quantitative estimate of drug-likeness (QED) is 0.702. The van der Waals surface area contributed by atoms with Gasteiger partial charge in [0, 0.05) is 19.6 Å². The average molecular weight is 288 g/mol. The van der Waals surface area contributed by atoms with Crippen molar-refractivity contribution in [3.8, 4) is 0 Å². The second-order valence-electron chi connectivity index (χ2n) is 4.41. The summed E-state index contributed by atoms with van der Waals surface area (Å²) >= 11 is 0. The minimum Gasteiger partial charge on any atom is -0.480 e. The largest absolute Gasteiger partial charge is 0.480 e. The fraction of sp³-hybridized carbons (Fsp3) is 0.750. The summed E-state index contributed by atoms with van der Waals surface area (Å²) in [4.78, 5) is 36.8. The van der Waals surface area contributed by atoms with Crippen molar-refractivity contribution in [2.75, 3.05) is 39.9 Å². The molecule has 0 aromatic carbocycles. The Morgan fingerprint density at radius 1 is 1.45 bits per heavy atom. The molecule has 1 unspecified atom stereocenters. The van der Waals surface area contributed by atoms with E-state index >= 15 is 0 Å². The van der Waals surface area contributed by atoms with Crippen LogP contribution < -0.4 is 0 Å². The predicted octanol–water partition coefficient (Wildman–Crippen LogP) is -0.223. The van der Waals surface area contributed by atoms with Crippen molar-refractivity contribution >= 4 is 18.0 Å². The molecule has 0 aromatic heterocycles. The van der Waals surface area contributed by atoms with Gasteiger partial charge in [0.2, 0.25) is 0 Å². The van der Waals surface area contributed by atoms with Crippen molar-refractivity contribution in [1.82, 2.24) is 9.80 Å². The molecular weight excluding hydrogens is 268 g/mol. The molecule has 1 heterocycles. The van der Waals surface area contributed by atoms with E-state index in [9.17, 15) is 14.4 Å². The Morgan fingerprint density at radius 2 is 2.15 bits per heavy atom. The first-order chi connectivity index (χ1) is 9.47. The zero-order chi connectivity index (χ0) is 15.1. The highest BCUT2D eigenvalue weighted by Crippen LogP contribution is 2.11. The van der Waals surface area contributed by atoms with Gasteiger partial charge in [0.15, 0.2) is 0 Å². The van der Waals surface area contributed by atoms with Crippen molar-refractivity contribution in [3.63, 3.8) is 0 Å². The lowest BCUT2D eigenvalue weighted by Crippen LogP contribution is -2.52. The molecule has 0 radical (unpaired) electrons. The average Bonchev–Trinajstić information content (AvgIpc) is 2.43. The number of urea groups is 1. The molecule has 1 aliphatic heterocycles. The third kappa shape index (κ3) is 4.69. The van der Waals surface area contributed by atoms with Crippen molar-refractivity contribution < 1.29 is 29.0 Å². The Balaban J connectivity index is 2.58. The second-order valence-corrected chi connectivity index (χ2v) is 4.41. The minimum atomic E-state index is -1.06. The van der Waals surface area contributed by atoms with Crippen LogP contribution in [-0.2, 0) is 19.1 Å². The van der Waals surface area contributed by atoms with E-state index in [0.29, 0.717) is 19.7 Å². The summed E-state index contributed by atoms with van der Waals surface area (Å²) in [7, 11) is 1.29. The Labute approximate surface area is 117 Å². The van der Waals surface area contributed by atoms with E-state index in [0.717, 1.165) is 0 Å². The summed E-state index contributed by atoms with van der Waals surface area (Å²) in [6, 6.07) is -0.354. The van der Waals surface area contributed by atoms with Crippen LogP contribution >= 0.6 is 0 Å². The molecule has 20 heavy (non-hydrogen) atoms. The fourth-order valence-electron chi connectivity index (χ4n) is 1.96. The number of amides is 2. The highest BCUT2D eigenvalue weighted by Gasteiger charge is 2.29. The number of morpholine rings is 1. The molecule has 1 rings (SSSR count). The lowest BCUT2D eigenvalue weighted by atomic mass is 10.2. The summed E-state index contributed by atoms with van der Waals surface area (Å²) in [5, 5.41) is 8.77. The summed E-state index contributed by atoms with van der Waals surface area (Å²) in [5.74, 6) is -1.46. The number of carbonyl (C=O) groups excluding carboxylic acids is 2. The SMILES string of the molecule is CCN(CC(=O)O)C(=O)N1CCOC(CC(=O)OC)C1. The van der Waals surface area contributed by atoms with Crippen LogP contribution in [0.15, 0.2) is 0 Å². The third-order valence-corrected chi connectivity index (χ3v) is 3.01. The molecule has 0 spiro atoms. The third-order valence-electron chi connectivity index (χ3n) is 3.01. The van der Waals surface area contributed by atoms with Crippen molar-refractivity contribution in [2.45, 2.75) is 19.4 Å². The molecule has 8 heteroatoms. The number of hydrogen-bond donors (Lipinski definition) is 1. The van der Waals surface area contributed by atoms with Crippen molar-refractivity contribution in [1.29, 1.82) is 0 Å².